The van der Waals surface area contributed by atoms with E-state index in [0.717, 1.165) is 18.7 Å². The van der Waals surface area contributed by atoms with Crippen LogP contribution in [-0.4, -0.2) is 22.4 Å². The zero-order valence-corrected chi connectivity index (χ0v) is 15.8. The van der Waals surface area contributed by atoms with Gasteiger partial charge in [0, 0.05) is 29.2 Å². The number of anilines is 1. The summed E-state index contributed by atoms with van der Waals surface area (Å²) < 4.78 is 0. The van der Waals surface area contributed by atoms with E-state index >= 15 is 0 Å². The predicted octanol–water partition coefficient (Wildman–Crippen LogP) is 3.72. The molecule has 0 fully saturated rings. The summed E-state index contributed by atoms with van der Waals surface area (Å²) in [6, 6.07) is 2.20. The highest BCUT2D eigenvalue weighted by molar-refractivity contribution is 7.13. The first-order valence-corrected chi connectivity index (χ1v) is 9.05. The first-order valence-electron chi connectivity index (χ1n) is 8.17. The van der Waals surface area contributed by atoms with Crippen LogP contribution in [-0.2, 0) is 11.2 Å². The molecule has 2 rings (SSSR count). The zero-order chi connectivity index (χ0) is 17.7. The van der Waals surface area contributed by atoms with Gasteiger partial charge in [0.15, 0.2) is 5.13 Å². The van der Waals surface area contributed by atoms with E-state index in [9.17, 15) is 4.79 Å². The number of hydrogen-bond acceptors (Lipinski definition) is 5. The van der Waals surface area contributed by atoms with Gasteiger partial charge >= 0.3 is 0 Å². The maximum Gasteiger partial charge on any atom is 0.231 e. The second kappa shape index (κ2) is 7.85. The van der Waals surface area contributed by atoms with Crippen molar-refractivity contribution >= 4 is 22.4 Å². The Kier molecular flexibility index (Phi) is 6.07. The number of hydrogen-bond donors (Lipinski definition) is 2. The van der Waals surface area contributed by atoms with Gasteiger partial charge in [0.05, 0.1) is 5.69 Å². The normalized spacial score (nSPS) is 12.9. The first-order chi connectivity index (χ1) is 11.3. The van der Waals surface area contributed by atoms with E-state index in [-0.39, 0.29) is 11.9 Å². The number of nitrogens with zero attached hydrogens (tertiary/aromatic N) is 2. The smallest absolute Gasteiger partial charge is 0.231 e. The molecular weight excluding hydrogens is 320 g/mol. The minimum absolute atomic E-state index is 0.0165. The molecule has 0 saturated heterocycles. The lowest BCUT2D eigenvalue weighted by molar-refractivity contribution is -0.123. The molecule has 6 heteroatoms. The third-order valence-corrected chi connectivity index (χ3v) is 4.62. The van der Waals surface area contributed by atoms with Crippen molar-refractivity contribution < 1.29 is 4.79 Å². The topological polar surface area (TPSA) is 66.9 Å². The summed E-state index contributed by atoms with van der Waals surface area (Å²) in [5.41, 5.74) is 3.06. The van der Waals surface area contributed by atoms with Gasteiger partial charge in [-0.1, -0.05) is 20.8 Å². The van der Waals surface area contributed by atoms with Crippen molar-refractivity contribution in [1.82, 2.24) is 15.3 Å². The molecule has 1 atom stereocenters. The third-order valence-electron chi connectivity index (χ3n) is 3.85. The molecule has 0 aliphatic carbocycles. The number of nitrogens with one attached hydrogen (secondary N) is 2. The summed E-state index contributed by atoms with van der Waals surface area (Å²) in [4.78, 5) is 20.6. The maximum absolute atomic E-state index is 12.0. The zero-order valence-electron chi connectivity index (χ0n) is 15.0. The average Bonchev–Trinajstić information content (AvgIpc) is 2.97. The van der Waals surface area contributed by atoms with E-state index in [2.05, 4.69) is 40.5 Å². The summed E-state index contributed by atoms with van der Waals surface area (Å²) in [6.45, 7) is 10.7. The summed E-state index contributed by atoms with van der Waals surface area (Å²) in [6.07, 6.45) is 4.68. The largest absolute Gasteiger partial charge is 0.308 e. The van der Waals surface area contributed by atoms with Crippen molar-refractivity contribution in [3.8, 4) is 0 Å². The molecule has 2 aromatic heterocycles. The van der Waals surface area contributed by atoms with Crippen LogP contribution in [0.25, 0.3) is 0 Å². The van der Waals surface area contributed by atoms with E-state index in [1.54, 1.807) is 0 Å². The van der Waals surface area contributed by atoms with Crippen molar-refractivity contribution in [2.45, 2.75) is 47.1 Å². The first kappa shape index (κ1) is 18.5. The highest BCUT2D eigenvalue weighted by Gasteiger charge is 2.22. The number of aromatic nitrogens is 2. The number of pyridine rings is 1. The van der Waals surface area contributed by atoms with E-state index < -0.39 is 5.41 Å². The summed E-state index contributed by atoms with van der Waals surface area (Å²) in [7, 11) is 0. The number of carbonyl (C=O) groups is 1. The van der Waals surface area contributed by atoms with Crippen LogP contribution >= 0.6 is 11.3 Å². The minimum atomic E-state index is -0.419. The Morgan fingerprint density at radius 3 is 2.79 bits per heavy atom. The van der Waals surface area contributed by atoms with Crippen LogP contribution in [0.4, 0.5) is 5.13 Å². The van der Waals surface area contributed by atoms with Gasteiger partial charge < -0.3 is 10.6 Å². The third kappa shape index (κ3) is 5.11. The van der Waals surface area contributed by atoms with E-state index in [0.29, 0.717) is 5.13 Å². The van der Waals surface area contributed by atoms with Gasteiger partial charge in [-0.2, -0.15) is 0 Å². The van der Waals surface area contributed by atoms with Gasteiger partial charge in [-0.25, -0.2) is 4.98 Å². The molecule has 0 aliphatic rings. The fourth-order valence-corrected chi connectivity index (χ4v) is 2.94. The van der Waals surface area contributed by atoms with E-state index in [1.807, 2.05) is 38.5 Å². The van der Waals surface area contributed by atoms with Crippen LogP contribution in [0, 0.1) is 12.3 Å². The van der Waals surface area contributed by atoms with E-state index in [1.165, 1.54) is 22.5 Å². The summed E-state index contributed by atoms with van der Waals surface area (Å²) in [5, 5.41) is 9.01. The quantitative estimate of drug-likeness (QED) is 0.836. The fraction of sp³-hybridized carbons (Fsp3) is 0.500. The maximum atomic E-state index is 12.0. The van der Waals surface area contributed by atoms with Crippen LogP contribution in [0.2, 0.25) is 0 Å². The molecule has 5 nitrogen and oxygen atoms in total. The van der Waals surface area contributed by atoms with Crippen molar-refractivity contribution in [2.24, 2.45) is 5.41 Å². The van der Waals surface area contributed by atoms with Gasteiger partial charge in [-0.15, -0.1) is 11.3 Å². The Bertz CT molecular complexity index is 690. The molecule has 2 N–H and O–H groups in total. The molecule has 1 amide bonds. The SMILES string of the molecule is Cc1cnccc1CCNC(C)c1csc(NC(=O)C(C)(C)C)n1. The molecular formula is C18H26N4OS. The molecule has 130 valence electrons. The van der Waals surface area contributed by atoms with Crippen molar-refractivity contribution in [2.75, 3.05) is 11.9 Å². The number of aryl methyl sites for hydroxylation is 1. The van der Waals surface area contributed by atoms with Crippen LogP contribution in [0.3, 0.4) is 0 Å². The lowest BCUT2D eigenvalue weighted by Crippen LogP contribution is -2.27. The van der Waals surface area contributed by atoms with Crippen molar-refractivity contribution in [3.05, 3.63) is 40.7 Å². The molecule has 0 aliphatic heterocycles. The predicted molar refractivity (Wildman–Crippen MR) is 99.3 cm³/mol. The summed E-state index contributed by atoms with van der Waals surface area (Å²) in [5.74, 6) is -0.0165. The van der Waals surface area contributed by atoms with Crippen LogP contribution in [0.1, 0.15) is 50.6 Å². The van der Waals surface area contributed by atoms with Crippen LogP contribution in [0.5, 0.6) is 0 Å². The molecule has 0 aromatic carbocycles. The molecule has 2 heterocycles. The molecule has 0 saturated carbocycles. The van der Waals surface area contributed by atoms with Crippen LogP contribution < -0.4 is 10.6 Å². The van der Waals surface area contributed by atoms with Gasteiger partial charge in [-0.3, -0.25) is 9.78 Å². The monoisotopic (exact) mass is 346 g/mol. The van der Waals surface area contributed by atoms with Crippen molar-refractivity contribution in [3.63, 3.8) is 0 Å². The Labute approximate surface area is 147 Å². The molecule has 24 heavy (non-hydrogen) atoms. The van der Waals surface area contributed by atoms with Gasteiger partial charge in [0.2, 0.25) is 5.91 Å². The van der Waals surface area contributed by atoms with Gasteiger partial charge in [0.25, 0.3) is 0 Å². The van der Waals surface area contributed by atoms with Crippen LogP contribution in [0.15, 0.2) is 23.8 Å². The lowest BCUT2D eigenvalue weighted by Gasteiger charge is -2.16. The van der Waals surface area contributed by atoms with E-state index in [4.69, 9.17) is 0 Å². The number of carbonyl (C=O) groups excluding carboxylic acids is 1. The number of rotatable bonds is 6. The van der Waals surface area contributed by atoms with Crippen molar-refractivity contribution in [1.29, 1.82) is 0 Å². The lowest BCUT2D eigenvalue weighted by atomic mass is 9.96. The Morgan fingerprint density at radius 1 is 1.38 bits per heavy atom. The molecule has 0 radical (unpaired) electrons. The highest BCUT2D eigenvalue weighted by Crippen LogP contribution is 2.23. The highest BCUT2D eigenvalue weighted by atomic mass is 32.1. The Morgan fingerprint density at radius 2 is 2.12 bits per heavy atom. The Hall–Kier alpha value is -1.79. The Balaban J connectivity index is 1.86. The minimum Gasteiger partial charge on any atom is -0.308 e. The van der Waals surface area contributed by atoms with Gasteiger partial charge in [0.1, 0.15) is 0 Å². The number of thiazole rings is 1. The fourth-order valence-electron chi connectivity index (χ4n) is 2.14. The van der Waals surface area contributed by atoms with Gasteiger partial charge in [-0.05, 0) is 44.0 Å². The molecule has 2 aromatic rings. The summed E-state index contributed by atoms with van der Waals surface area (Å²) >= 11 is 1.46. The number of amides is 1. The second-order valence-electron chi connectivity index (χ2n) is 7.01. The molecule has 0 bridgehead atoms. The average molecular weight is 347 g/mol. The molecule has 0 spiro atoms. The second-order valence-corrected chi connectivity index (χ2v) is 7.87. The molecule has 1 unspecified atom stereocenters. The standard InChI is InChI=1S/C18H26N4OS/c1-12-10-19-8-6-14(12)7-9-20-13(2)15-11-24-17(21-15)22-16(23)18(3,4)5/h6,8,10-11,13,20H,7,9H2,1-5H3,(H,21,22,23).